The van der Waals surface area contributed by atoms with E-state index in [1.54, 1.807) is 23.1 Å². The van der Waals surface area contributed by atoms with E-state index in [-0.39, 0.29) is 18.3 Å². The number of hydrogen-bond donors (Lipinski definition) is 1. The van der Waals surface area contributed by atoms with Gasteiger partial charge in [0.1, 0.15) is 0 Å². The van der Waals surface area contributed by atoms with Crippen LogP contribution >= 0.6 is 35.5 Å². The average molecular weight is 398 g/mol. The van der Waals surface area contributed by atoms with E-state index in [1.807, 2.05) is 23.1 Å². The number of aromatic nitrogens is 1. The Morgan fingerprint density at radius 3 is 2.72 bits per heavy atom. The molecule has 0 atom stereocenters. The van der Waals surface area contributed by atoms with Crippen LogP contribution in [0, 0.1) is 5.92 Å². The fourth-order valence-electron chi connectivity index (χ4n) is 3.12. The number of piperidine rings is 1. The first kappa shape index (κ1) is 19.0. The van der Waals surface area contributed by atoms with Crippen molar-refractivity contribution in [1.29, 1.82) is 0 Å². The van der Waals surface area contributed by atoms with Gasteiger partial charge in [-0.2, -0.15) is 0 Å². The highest BCUT2D eigenvalue weighted by atomic mass is 35.5. The van der Waals surface area contributed by atoms with E-state index in [9.17, 15) is 4.79 Å². The largest absolute Gasteiger partial charge is 0.342 e. The zero-order valence-electron chi connectivity index (χ0n) is 14.1. The van der Waals surface area contributed by atoms with Crippen LogP contribution in [0.2, 0.25) is 0 Å². The summed E-state index contributed by atoms with van der Waals surface area (Å²) in [5.74, 6) is 1.68. The van der Waals surface area contributed by atoms with Gasteiger partial charge in [0.2, 0.25) is 5.91 Å². The molecule has 7 heteroatoms. The lowest BCUT2D eigenvalue weighted by Gasteiger charge is -2.32. The molecule has 2 aromatic rings. The highest BCUT2D eigenvalue weighted by Crippen LogP contribution is 2.30. The molecule has 1 aromatic heterocycles. The minimum absolute atomic E-state index is 0. The molecule has 0 spiro atoms. The van der Waals surface area contributed by atoms with Gasteiger partial charge in [0, 0.05) is 19.1 Å². The summed E-state index contributed by atoms with van der Waals surface area (Å²) in [6.45, 7) is 2.95. The normalized spacial score (nSPS) is 18.3. The number of carbonyl (C=O) groups excluding carboxylic acids is 1. The number of thiazole rings is 1. The molecule has 0 unspecified atom stereocenters. The summed E-state index contributed by atoms with van der Waals surface area (Å²) in [7, 11) is 0. The van der Waals surface area contributed by atoms with Crippen molar-refractivity contribution in [1.82, 2.24) is 15.2 Å². The molecule has 1 amide bonds. The molecule has 1 aromatic carbocycles. The second-order valence-corrected chi connectivity index (χ2v) is 9.00. The van der Waals surface area contributed by atoms with Crippen LogP contribution in [0.25, 0.3) is 10.2 Å². The fourth-order valence-corrected chi connectivity index (χ4v) is 5.09. The van der Waals surface area contributed by atoms with Gasteiger partial charge < -0.3 is 10.2 Å². The molecular formula is C18H24ClN3OS2. The maximum absolute atomic E-state index is 12.4. The maximum atomic E-state index is 12.4. The predicted octanol–water partition coefficient (Wildman–Crippen LogP) is 3.80. The molecular weight excluding hydrogens is 374 g/mol. The van der Waals surface area contributed by atoms with Crippen molar-refractivity contribution in [3.8, 4) is 0 Å². The Bertz CT molecular complexity index is 678. The van der Waals surface area contributed by atoms with Crippen molar-refractivity contribution < 1.29 is 4.79 Å². The van der Waals surface area contributed by atoms with Crippen LogP contribution < -0.4 is 5.32 Å². The van der Waals surface area contributed by atoms with Crippen molar-refractivity contribution in [2.75, 3.05) is 25.4 Å². The van der Waals surface area contributed by atoms with E-state index in [4.69, 9.17) is 0 Å². The highest BCUT2D eigenvalue weighted by molar-refractivity contribution is 8.01. The first-order chi connectivity index (χ1) is 11.8. The Morgan fingerprint density at radius 1 is 1.24 bits per heavy atom. The Balaban J connectivity index is 0.00000182. The minimum Gasteiger partial charge on any atom is -0.342 e. The molecule has 1 aliphatic carbocycles. The monoisotopic (exact) mass is 397 g/mol. The molecule has 2 aliphatic rings. The molecule has 0 radical (unpaired) electrons. The van der Waals surface area contributed by atoms with Gasteiger partial charge in [0.05, 0.1) is 16.0 Å². The molecule has 2 heterocycles. The first-order valence-corrected chi connectivity index (χ1v) is 10.6. The topological polar surface area (TPSA) is 45.2 Å². The van der Waals surface area contributed by atoms with Crippen molar-refractivity contribution in [3.05, 3.63) is 24.3 Å². The van der Waals surface area contributed by atoms with Gasteiger partial charge in [0.25, 0.3) is 0 Å². The van der Waals surface area contributed by atoms with Crippen LogP contribution in [0.3, 0.4) is 0 Å². The number of para-hydroxylation sites is 1. The summed E-state index contributed by atoms with van der Waals surface area (Å²) >= 11 is 3.24. The quantitative estimate of drug-likeness (QED) is 0.753. The molecule has 25 heavy (non-hydrogen) atoms. The number of hydrogen-bond acceptors (Lipinski definition) is 5. The predicted molar refractivity (Wildman–Crippen MR) is 108 cm³/mol. The van der Waals surface area contributed by atoms with Gasteiger partial charge in [-0.15, -0.1) is 23.7 Å². The zero-order chi connectivity index (χ0) is 16.4. The minimum atomic E-state index is 0. The molecule has 1 saturated heterocycles. The van der Waals surface area contributed by atoms with Gasteiger partial charge in [0.15, 0.2) is 4.34 Å². The number of fused-ring (bicyclic) bond motifs is 1. The van der Waals surface area contributed by atoms with E-state index in [1.165, 1.54) is 24.1 Å². The third-order valence-electron chi connectivity index (χ3n) is 4.83. The van der Waals surface area contributed by atoms with Crippen molar-refractivity contribution in [3.63, 3.8) is 0 Å². The Labute approximate surface area is 163 Å². The number of thioether (sulfide) groups is 1. The number of amides is 1. The maximum Gasteiger partial charge on any atom is 0.233 e. The van der Waals surface area contributed by atoms with E-state index in [2.05, 4.69) is 16.4 Å². The number of nitrogens with one attached hydrogen (secondary N) is 1. The van der Waals surface area contributed by atoms with Crippen molar-refractivity contribution in [2.45, 2.75) is 36.1 Å². The third kappa shape index (κ3) is 5.09. The summed E-state index contributed by atoms with van der Waals surface area (Å²) in [5.41, 5.74) is 1.03. The molecule has 4 rings (SSSR count). The lowest BCUT2D eigenvalue weighted by atomic mass is 10.0. The van der Waals surface area contributed by atoms with Crippen LogP contribution in [0.1, 0.15) is 25.7 Å². The number of benzene rings is 1. The smallest absolute Gasteiger partial charge is 0.233 e. The van der Waals surface area contributed by atoms with Crippen LogP contribution in [-0.4, -0.2) is 47.2 Å². The van der Waals surface area contributed by atoms with Crippen LogP contribution in [-0.2, 0) is 4.79 Å². The van der Waals surface area contributed by atoms with Gasteiger partial charge in [-0.3, -0.25) is 4.79 Å². The lowest BCUT2D eigenvalue weighted by molar-refractivity contribution is -0.129. The number of rotatable bonds is 6. The van der Waals surface area contributed by atoms with Crippen molar-refractivity contribution in [2.24, 2.45) is 5.92 Å². The van der Waals surface area contributed by atoms with Gasteiger partial charge in [-0.05, 0) is 50.3 Å². The summed E-state index contributed by atoms with van der Waals surface area (Å²) in [6, 6.07) is 8.74. The highest BCUT2D eigenvalue weighted by Gasteiger charge is 2.26. The third-order valence-corrected chi connectivity index (χ3v) is 7.00. The van der Waals surface area contributed by atoms with Gasteiger partial charge >= 0.3 is 0 Å². The molecule has 1 aliphatic heterocycles. The SMILES string of the molecule is Cl.O=C(CSc1nc2ccccc2s1)N1CCC(NCC2CC2)CC1. The van der Waals surface area contributed by atoms with Crippen LogP contribution in [0.4, 0.5) is 0 Å². The summed E-state index contributed by atoms with van der Waals surface area (Å²) < 4.78 is 2.18. The van der Waals surface area contributed by atoms with E-state index < -0.39 is 0 Å². The standard InChI is InChI=1S/C18H23N3OS2.ClH/c22-17(12-23-18-20-15-3-1-2-4-16(15)24-18)21-9-7-14(8-10-21)19-11-13-5-6-13;/h1-4,13-14,19H,5-12H2;1H. The van der Waals surface area contributed by atoms with Crippen LogP contribution in [0.15, 0.2) is 28.6 Å². The number of nitrogens with zero attached hydrogens (tertiary/aromatic N) is 2. The van der Waals surface area contributed by atoms with Gasteiger partial charge in [-0.25, -0.2) is 4.98 Å². The lowest BCUT2D eigenvalue weighted by Crippen LogP contribution is -2.45. The Hall–Kier alpha value is -0.820. The van der Waals surface area contributed by atoms with E-state index in [0.717, 1.165) is 41.7 Å². The molecule has 1 saturated carbocycles. The van der Waals surface area contributed by atoms with E-state index in [0.29, 0.717) is 11.8 Å². The summed E-state index contributed by atoms with van der Waals surface area (Å²) in [4.78, 5) is 19.0. The Morgan fingerprint density at radius 2 is 2.00 bits per heavy atom. The molecule has 136 valence electrons. The second-order valence-electron chi connectivity index (χ2n) is 6.74. The first-order valence-electron chi connectivity index (χ1n) is 8.77. The summed E-state index contributed by atoms with van der Waals surface area (Å²) in [5, 5.41) is 3.66. The zero-order valence-corrected chi connectivity index (χ0v) is 16.6. The Kier molecular flexibility index (Phi) is 6.61. The average Bonchev–Trinajstić information content (AvgIpc) is 3.35. The van der Waals surface area contributed by atoms with Gasteiger partial charge in [-0.1, -0.05) is 23.9 Å². The number of carbonyl (C=O) groups is 1. The number of halogens is 1. The van der Waals surface area contributed by atoms with Crippen LogP contribution in [0.5, 0.6) is 0 Å². The molecule has 4 nitrogen and oxygen atoms in total. The number of likely N-dealkylation sites (tertiary alicyclic amines) is 1. The second kappa shape index (κ2) is 8.71. The molecule has 1 N–H and O–H groups in total. The summed E-state index contributed by atoms with van der Waals surface area (Å²) in [6.07, 6.45) is 4.97. The van der Waals surface area contributed by atoms with E-state index >= 15 is 0 Å². The molecule has 2 fully saturated rings. The van der Waals surface area contributed by atoms with Crippen molar-refractivity contribution >= 4 is 51.6 Å². The molecule has 0 bridgehead atoms. The fraction of sp³-hybridized carbons (Fsp3) is 0.556.